The van der Waals surface area contributed by atoms with E-state index in [0.29, 0.717) is 22.8 Å². The minimum atomic E-state index is -0.508. The van der Waals surface area contributed by atoms with E-state index in [1.165, 1.54) is 4.90 Å². The van der Waals surface area contributed by atoms with Gasteiger partial charge in [0.1, 0.15) is 5.75 Å². The molecule has 5 heteroatoms. The number of fused-ring (bicyclic) bond motifs is 1. The summed E-state index contributed by atoms with van der Waals surface area (Å²) in [5.41, 5.74) is 3.81. The van der Waals surface area contributed by atoms with Crippen LogP contribution in [-0.4, -0.2) is 18.8 Å². The minimum Gasteiger partial charge on any atom is -0.497 e. The molecule has 0 aromatic heterocycles. The number of Topliss-reactive ketones (excluding diaryl/α,β-unsaturated/α-hetero) is 1. The van der Waals surface area contributed by atoms with Crippen LogP contribution in [0.4, 0.5) is 5.69 Å². The molecule has 1 aliphatic heterocycles. The normalized spacial score (nSPS) is 13.0. The third-order valence-corrected chi connectivity index (χ3v) is 4.90. The quantitative estimate of drug-likeness (QED) is 0.617. The van der Waals surface area contributed by atoms with Crippen LogP contribution in [0.15, 0.2) is 66.7 Å². The molecule has 1 amide bonds. The molecule has 0 radical (unpaired) electrons. The van der Waals surface area contributed by atoms with Gasteiger partial charge in [-0.05, 0) is 53.1 Å². The van der Waals surface area contributed by atoms with Gasteiger partial charge in [0.25, 0.3) is 11.7 Å². The fraction of sp³-hybridized carbons (Fsp3) is 0.0909. The van der Waals surface area contributed by atoms with E-state index in [1.807, 2.05) is 48.5 Å². The maximum absolute atomic E-state index is 12.5. The van der Waals surface area contributed by atoms with Gasteiger partial charge in [0.15, 0.2) is 0 Å². The molecular weight excluding hydrogens is 362 g/mol. The van der Waals surface area contributed by atoms with Gasteiger partial charge in [-0.3, -0.25) is 9.59 Å². The smallest absolute Gasteiger partial charge is 0.299 e. The van der Waals surface area contributed by atoms with Crippen LogP contribution in [-0.2, 0) is 11.3 Å². The van der Waals surface area contributed by atoms with Crippen molar-refractivity contribution in [2.75, 3.05) is 12.0 Å². The Morgan fingerprint density at radius 2 is 1.56 bits per heavy atom. The SMILES string of the molecule is COc1ccc(-c2ccc3c(c2)C(=O)C(=O)N3Cc2ccc(Cl)cc2)cc1. The van der Waals surface area contributed by atoms with Gasteiger partial charge in [-0.1, -0.05) is 41.9 Å². The van der Waals surface area contributed by atoms with Crippen molar-refractivity contribution >= 4 is 29.0 Å². The van der Waals surface area contributed by atoms with Crippen LogP contribution in [0.5, 0.6) is 5.75 Å². The molecule has 0 saturated carbocycles. The number of rotatable bonds is 4. The van der Waals surface area contributed by atoms with Crippen molar-refractivity contribution in [3.63, 3.8) is 0 Å². The van der Waals surface area contributed by atoms with E-state index in [-0.39, 0.29) is 0 Å². The van der Waals surface area contributed by atoms with Gasteiger partial charge in [-0.15, -0.1) is 0 Å². The zero-order valence-corrected chi connectivity index (χ0v) is 15.4. The summed E-state index contributed by atoms with van der Waals surface area (Å²) in [7, 11) is 1.62. The molecule has 1 aliphatic rings. The van der Waals surface area contributed by atoms with Gasteiger partial charge in [0.2, 0.25) is 0 Å². The molecular formula is C22H16ClNO3. The van der Waals surface area contributed by atoms with E-state index >= 15 is 0 Å². The Bertz CT molecular complexity index is 1030. The molecule has 0 fully saturated rings. The Balaban J connectivity index is 1.67. The monoisotopic (exact) mass is 377 g/mol. The number of halogens is 1. The third kappa shape index (κ3) is 3.20. The molecule has 3 aromatic rings. The number of anilines is 1. The number of carbonyl (C=O) groups excluding carboxylic acids is 2. The Morgan fingerprint density at radius 1 is 0.889 bits per heavy atom. The molecule has 0 saturated heterocycles. The first-order valence-electron chi connectivity index (χ1n) is 8.46. The van der Waals surface area contributed by atoms with E-state index in [0.717, 1.165) is 22.4 Å². The number of hydrogen-bond donors (Lipinski definition) is 0. The van der Waals surface area contributed by atoms with Crippen LogP contribution in [0, 0.1) is 0 Å². The lowest BCUT2D eigenvalue weighted by atomic mass is 10.0. The lowest BCUT2D eigenvalue weighted by Crippen LogP contribution is -2.29. The van der Waals surface area contributed by atoms with Crippen LogP contribution >= 0.6 is 11.6 Å². The number of amides is 1. The second kappa shape index (κ2) is 6.89. The number of ether oxygens (including phenoxy) is 1. The van der Waals surface area contributed by atoms with Crippen LogP contribution in [0.2, 0.25) is 5.02 Å². The highest BCUT2D eigenvalue weighted by Gasteiger charge is 2.35. The molecule has 1 heterocycles. The number of benzene rings is 3. The van der Waals surface area contributed by atoms with Crippen molar-refractivity contribution in [1.82, 2.24) is 0 Å². The topological polar surface area (TPSA) is 46.6 Å². The average Bonchev–Trinajstić information content (AvgIpc) is 2.94. The van der Waals surface area contributed by atoms with Gasteiger partial charge in [0, 0.05) is 5.02 Å². The number of methoxy groups -OCH3 is 1. The standard InChI is InChI=1S/C22H16ClNO3/c1-27-18-9-4-15(5-10-18)16-6-11-20-19(12-16)21(25)22(26)24(20)13-14-2-7-17(23)8-3-14/h2-12H,13H2,1H3. The Kier molecular flexibility index (Phi) is 4.42. The van der Waals surface area contributed by atoms with E-state index in [9.17, 15) is 9.59 Å². The highest BCUT2D eigenvalue weighted by molar-refractivity contribution is 6.52. The second-order valence-corrected chi connectivity index (χ2v) is 6.74. The highest BCUT2D eigenvalue weighted by Crippen LogP contribution is 2.34. The van der Waals surface area contributed by atoms with Crippen LogP contribution in [0.3, 0.4) is 0 Å². The predicted octanol–water partition coefficient (Wildman–Crippen LogP) is 4.75. The van der Waals surface area contributed by atoms with Crippen molar-refractivity contribution in [1.29, 1.82) is 0 Å². The maximum Gasteiger partial charge on any atom is 0.299 e. The van der Waals surface area contributed by atoms with E-state index in [2.05, 4.69) is 0 Å². The predicted molar refractivity (Wildman–Crippen MR) is 105 cm³/mol. The summed E-state index contributed by atoms with van der Waals surface area (Å²) in [6.07, 6.45) is 0. The van der Waals surface area contributed by atoms with E-state index < -0.39 is 11.7 Å². The fourth-order valence-electron chi connectivity index (χ4n) is 3.19. The lowest BCUT2D eigenvalue weighted by Gasteiger charge is -2.17. The van der Waals surface area contributed by atoms with Crippen LogP contribution in [0.1, 0.15) is 15.9 Å². The highest BCUT2D eigenvalue weighted by atomic mass is 35.5. The molecule has 4 nitrogen and oxygen atoms in total. The Hall–Kier alpha value is -3.11. The lowest BCUT2D eigenvalue weighted by molar-refractivity contribution is -0.114. The molecule has 3 aromatic carbocycles. The first kappa shape index (κ1) is 17.3. The van der Waals surface area contributed by atoms with Gasteiger partial charge in [0.05, 0.1) is 24.9 Å². The minimum absolute atomic E-state index is 0.330. The van der Waals surface area contributed by atoms with Crippen molar-refractivity contribution in [3.05, 3.63) is 82.9 Å². The fourth-order valence-corrected chi connectivity index (χ4v) is 3.32. The second-order valence-electron chi connectivity index (χ2n) is 6.31. The maximum atomic E-state index is 12.5. The zero-order valence-electron chi connectivity index (χ0n) is 14.6. The van der Waals surface area contributed by atoms with Gasteiger partial charge in [-0.2, -0.15) is 0 Å². The van der Waals surface area contributed by atoms with E-state index in [1.54, 1.807) is 25.3 Å². The Labute approximate surface area is 161 Å². The molecule has 4 rings (SSSR count). The van der Waals surface area contributed by atoms with Crippen LogP contribution < -0.4 is 9.64 Å². The molecule has 0 atom stereocenters. The summed E-state index contributed by atoms with van der Waals surface area (Å²) in [6, 6.07) is 20.3. The summed E-state index contributed by atoms with van der Waals surface area (Å²) in [6.45, 7) is 0.330. The summed E-state index contributed by atoms with van der Waals surface area (Å²) in [5, 5.41) is 0.632. The molecule has 0 spiro atoms. The number of carbonyl (C=O) groups is 2. The first-order valence-corrected chi connectivity index (χ1v) is 8.84. The largest absolute Gasteiger partial charge is 0.497 e. The summed E-state index contributed by atoms with van der Waals surface area (Å²) < 4.78 is 5.17. The van der Waals surface area contributed by atoms with Gasteiger partial charge in [-0.25, -0.2) is 0 Å². The van der Waals surface area contributed by atoms with Crippen molar-refractivity contribution in [2.45, 2.75) is 6.54 Å². The zero-order chi connectivity index (χ0) is 19.0. The molecule has 27 heavy (non-hydrogen) atoms. The van der Waals surface area contributed by atoms with E-state index in [4.69, 9.17) is 16.3 Å². The van der Waals surface area contributed by atoms with Crippen LogP contribution in [0.25, 0.3) is 11.1 Å². The Morgan fingerprint density at radius 3 is 2.22 bits per heavy atom. The van der Waals surface area contributed by atoms with Gasteiger partial charge >= 0.3 is 0 Å². The average molecular weight is 378 g/mol. The van der Waals surface area contributed by atoms with Crippen molar-refractivity contribution < 1.29 is 14.3 Å². The molecule has 0 N–H and O–H groups in total. The first-order chi connectivity index (χ1) is 13.1. The molecule has 134 valence electrons. The number of ketones is 1. The van der Waals surface area contributed by atoms with Crippen molar-refractivity contribution in [3.8, 4) is 16.9 Å². The van der Waals surface area contributed by atoms with Crippen molar-refractivity contribution in [2.24, 2.45) is 0 Å². The summed E-state index contributed by atoms with van der Waals surface area (Å²) in [4.78, 5) is 26.5. The molecule has 0 unspecified atom stereocenters. The number of hydrogen-bond acceptors (Lipinski definition) is 3. The van der Waals surface area contributed by atoms with Gasteiger partial charge < -0.3 is 9.64 Å². The molecule has 0 bridgehead atoms. The molecule has 0 aliphatic carbocycles. The number of nitrogens with zero attached hydrogens (tertiary/aromatic N) is 1. The third-order valence-electron chi connectivity index (χ3n) is 4.65. The summed E-state index contributed by atoms with van der Waals surface area (Å²) in [5.74, 6) is -0.221. The summed E-state index contributed by atoms with van der Waals surface area (Å²) >= 11 is 5.91.